The molecule has 0 bridgehead atoms. The van der Waals surface area contributed by atoms with Crippen LogP contribution in [0.3, 0.4) is 0 Å². The highest BCUT2D eigenvalue weighted by Crippen LogP contribution is 2.30. The zero-order valence-electron chi connectivity index (χ0n) is 14.4. The van der Waals surface area contributed by atoms with Crippen molar-refractivity contribution in [2.24, 2.45) is 11.8 Å². The number of hydrogen-bond donors (Lipinski definition) is 1. The third-order valence-electron chi connectivity index (χ3n) is 5.12. The van der Waals surface area contributed by atoms with E-state index >= 15 is 0 Å². The number of rotatable bonds is 5. The summed E-state index contributed by atoms with van der Waals surface area (Å²) in [6.45, 7) is 11.1. The standard InChI is InChI=1S/C17H33N3O/c1-6-7-8-14-17(21)20(16(18-14)12(2)3)15-9-10-19(5)11-13(15)4/h12-16,18H,6-11H2,1-5H3. The summed E-state index contributed by atoms with van der Waals surface area (Å²) in [5.41, 5.74) is 0. The fourth-order valence-corrected chi connectivity index (χ4v) is 3.93. The fraction of sp³-hybridized carbons (Fsp3) is 0.941. The Bertz CT molecular complexity index is 358. The molecule has 0 spiro atoms. The lowest BCUT2D eigenvalue weighted by Crippen LogP contribution is -2.54. The van der Waals surface area contributed by atoms with Crippen molar-refractivity contribution in [2.45, 2.75) is 71.6 Å². The van der Waals surface area contributed by atoms with Gasteiger partial charge in [-0.3, -0.25) is 10.1 Å². The molecule has 2 aliphatic heterocycles. The maximum atomic E-state index is 12.9. The third-order valence-corrected chi connectivity index (χ3v) is 5.12. The van der Waals surface area contributed by atoms with Crippen LogP contribution in [0.4, 0.5) is 0 Å². The fourth-order valence-electron chi connectivity index (χ4n) is 3.93. The second-order valence-corrected chi connectivity index (χ2v) is 7.39. The summed E-state index contributed by atoms with van der Waals surface area (Å²) in [4.78, 5) is 17.5. The van der Waals surface area contributed by atoms with Gasteiger partial charge in [0.1, 0.15) is 0 Å². The van der Waals surface area contributed by atoms with Gasteiger partial charge in [-0.25, -0.2) is 0 Å². The van der Waals surface area contributed by atoms with Crippen LogP contribution in [0, 0.1) is 11.8 Å². The zero-order chi connectivity index (χ0) is 15.6. The molecule has 2 fully saturated rings. The lowest BCUT2D eigenvalue weighted by atomic mass is 9.91. The van der Waals surface area contributed by atoms with E-state index in [0.29, 0.717) is 23.8 Å². The van der Waals surface area contributed by atoms with Crippen LogP contribution in [0.2, 0.25) is 0 Å². The number of carbonyl (C=O) groups excluding carboxylic acids is 1. The first-order valence-electron chi connectivity index (χ1n) is 8.72. The zero-order valence-corrected chi connectivity index (χ0v) is 14.4. The van der Waals surface area contributed by atoms with Gasteiger partial charge in [0.05, 0.1) is 12.2 Å². The van der Waals surface area contributed by atoms with Crippen molar-refractivity contribution < 1.29 is 4.79 Å². The molecule has 4 atom stereocenters. The topological polar surface area (TPSA) is 35.6 Å². The van der Waals surface area contributed by atoms with Gasteiger partial charge in [-0.1, -0.05) is 40.5 Å². The molecule has 0 aromatic carbocycles. The van der Waals surface area contributed by atoms with Crippen LogP contribution < -0.4 is 5.32 Å². The molecule has 0 saturated carbocycles. The molecule has 1 N–H and O–H groups in total. The Balaban J connectivity index is 2.12. The van der Waals surface area contributed by atoms with Crippen molar-refractivity contribution in [1.29, 1.82) is 0 Å². The number of amides is 1. The van der Waals surface area contributed by atoms with E-state index < -0.39 is 0 Å². The SMILES string of the molecule is CCCCC1NC(C(C)C)N(C2CCN(C)CC2C)C1=O. The van der Waals surface area contributed by atoms with Crippen molar-refractivity contribution in [3.63, 3.8) is 0 Å². The number of likely N-dealkylation sites (tertiary alicyclic amines) is 1. The van der Waals surface area contributed by atoms with Crippen LogP contribution in [-0.4, -0.2) is 54.1 Å². The van der Waals surface area contributed by atoms with Gasteiger partial charge in [0, 0.05) is 12.6 Å². The Morgan fingerprint density at radius 3 is 2.67 bits per heavy atom. The average Bonchev–Trinajstić information content (AvgIpc) is 2.74. The second kappa shape index (κ2) is 7.10. The lowest BCUT2D eigenvalue weighted by Gasteiger charge is -2.43. The third kappa shape index (κ3) is 3.59. The van der Waals surface area contributed by atoms with Crippen molar-refractivity contribution in [2.75, 3.05) is 20.1 Å². The van der Waals surface area contributed by atoms with Crippen LogP contribution in [0.1, 0.15) is 53.4 Å². The lowest BCUT2D eigenvalue weighted by molar-refractivity contribution is -0.135. The van der Waals surface area contributed by atoms with Gasteiger partial charge in [0.2, 0.25) is 5.91 Å². The Hall–Kier alpha value is -0.610. The number of nitrogens with one attached hydrogen (secondary N) is 1. The van der Waals surface area contributed by atoms with E-state index in [2.05, 4.69) is 49.9 Å². The summed E-state index contributed by atoms with van der Waals surface area (Å²) in [6, 6.07) is 0.449. The van der Waals surface area contributed by atoms with E-state index in [-0.39, 0.29) is 12.2 Å². The van der Waals surface area contributed by atoms with E-state index in [9.17, 15) is 4.79 Å². The van der Waals surface area contributed by atoms with Gasteiger partial charge in [-0.2, -0.15) is 0 Å². The molecule has 4 heteroatoms. The van der Waals surface area contributed by atoms with E-state index in [1.807, 2.05) is 0 Å². The van der Waals surface area contributed by atoms with Crippen LogP contribution >= 0.6 is 0 Å². The predicted molar refractivity (Wildman–Crippen MR) is 87.0 cm³/mol. The quantitative estimate of drug-likeness (QED) is 0.845. The smallest absolute Gasteiger partial charge is 0.241 e. The summed E-state index contributed by atoms with van der Waals surface area (Å²) in [5.74, 6) is 1.37. The van der Waals surface area contributed by atoms with Crippen LogP contribution in [0.25, 0.3) is 0 Å². The van der Waals surface area contributed by atoms with Gasteiger partial charge >= 0.3 is 0 Å². The minimum atomic E-state index is 0.0456. The summed E-state index contributed by atoms with van der Waals surface area (Å²) in [6.07, 6.45) is 4.59. The van der Waals surface area contributed by atoms with E-state index in [1.54, 1.807) is 0 Å². The van der Waals surface area contributed by atoms with Crippen LogP contribution in [0.5, 0.6) is 0 Å². The molecule has 2 heterocycles. The molecule has 2 rings (SSSR count). The van der Waals surface area contributed by atoms with Crippen LogP contribution in [0.15, 0.2) is 0 Å². The van der Waals surface area contributed by atoms with Gasteiger partial charge in [-0.05, 0) is 38.3 Å². The predicted octanol–water partition coefficient (Wildman–Crippen LogP) is 2.30. The molecule has 0 aromatic rings. The summed E-state index contributed by atoms with van der Waals surface area (Å²) in [7, 11) is 2.18. The number of piperidine rings is 1. The minimum absolute atomic E-state index is 0.0456. The first kappa shape index (κ1) is 16.8. The van der Waals surface area contributed by atoms with Gasteiger partial charge in [0.15, 0.2) is 0 Å². The van der Waals surface area contributed by atoms with Crippen molar-refractivity contribution in [3.05, 3.63) is 0 Å². The molecular weight excluding hydrogens is 262 g/mol. The van der Waals surface area contributed by atoms with Gasteiger partial charge in [-0.15, -0.1) is 0 Å². The molecule has 0 radical (unpaired) electrons. The Labute approximate surface area is 130 Å². The summed E-state index contributed by atoms with van der Waals surface area (Å²) in [5, 5.41) is 3.62. The van der Waals surface area contributed by atoms with Crippen molar-refractivity contribution >= 4 is 5.91 Å². The maximum Gasteiger partial charge on any atom is 0.241 e. The number of hydrogen-bond acceptors (Lipinski definition) is 3. The largest absolute Gasteiger partial charge is 0.322 e. The highest BCUT2D eigenvalue weighted by molar-refractivity contribution is 5.84. The molecule has 0 aliphatic carbocycles. The first-order valence-corrected chi connectivity index (χ1v) is 8.72. The molecule has 0 aromatic heterocycles. The number of unbranched alkanes of at least 4 members (excludes halogenated alkanes) is 1. The molecule has 2 aliphatic rings. The molecular formula is C17H33N3O. The van der Waals surface area contributed by atoms with Crippen molar-refractivity contribution in [3.8, 4) is 0 Å². The first-order chi connectivity index (χ1) is 9.95. The van der Waals surface area contributed by atoms with Crippen LogP contribution in [-0.2, 0) is 4.79 Å². The summed E-state index contributed by atoms with van der Waals surface area (Å²) >= 11 is 0. The minimum Gasteiger partial charge on any atom is -0.322 e. The van der Waals surface area contributed by atoms with E-state index in [4.69, 9.17) is 0 Å². The Morgan fingerprint density at radius 2 is 2.10 bits per heavy atom. The summed E-state index contributed by atoms with van der Waals surface area (Å²) < 4.78 is 0. The van der Waals surface area contributed by atoms with E-state index in [1.165, 1.54) is 0 Å². The van der Waals surface area contributed by atoms with Gasteiger partial charge in [0.25, 0.3) is 0 Å². The van der Waals surface area contributed by atoms with Gasteiger partial charge < -0.3 is 9.80 Å². The normalized spacial score (nSPS) is 35.0. The van der Waals surface area contributed by atoms with Crippen molar-refractivity contribution in [1.82, 2.24) is 15.1 Å². The molecule has 4 nitrogen and oxygen atoms in total. The number of carbonyl (C=O) groups is 1. The monoisotopic (exact) mass is 295 g/mol. The number of nitrogens with zero attached hydrogens (tertiary/aromatic N) is 2. The molecule has 2 saturated heterocycles. The second-order valence-electron chi connectivity index (χ2n) is 7.39. The highest BCUT2D eigenvalue weighted by atomic mass is 16.2. The molecule has 21 heavy (non-hydrogen) atoms. The maximum absolute atomic E-state index is 12.9. The average molecular weight is 295 g/mol. The molecule has 1 amide bonds. The van der Waals surface area contributed by atoms with E-state index in [0.717, 1.165) is 38.8 Å². The Kier molecular flexibility index (Phi) is 5.67. The Morgan fingerprint density at radius 1 is 1.38 bits per heavy atom. The highest BCUT2D eigenvalue weighted by Gasteiger charge is 2.45. The molecule has 4 unspecified atom stereocenters. The molecule has 122 valence electrons.